The van der Waals surface area contributed by atoms with E-state index >= 15 is 0 Å². The molecule has 0 heterocycles. The number of nitrogens with one attached hydrogen (secondary N) is 1. The predicted molar refractivity (Wildman–Crippen MR) is 87.6 cm³/mol. The molecule has 0 aromatic heterocycles. The molecular weight excluding hydrogens is 336 g/mol. The zero-order valence-corrected chi connectivity index (χ0v) is 13.0. The van der Waals surface area contributed by atoms with Crippen molar-refractivity contribution < 1.29 is 4.79 Å². The van der Waals surface area contributed by atoms with Gasteiger partial charge in [-0.15, -0.1) is 0 Å². The average Bonchev–Trinajstić information content (AvgIpc) is 2.46. The molecule has 0 saturated carbocycles. The highest BCUT2D eigenvalue weighted by Crippen LogP contribution is 2.11. The van der Waals surface area contributed by atoms with Crippen molar-refractivity contribution in [3.05, 3.63) is 69.7 Å². The third-order valence-electron chi connectivity index (χ3n) is 2.78. The van der Waals surface area contributed by atoms with E-state index in [1.165, 1.54) is 0 Å². The molecule has 3 N–H and O–H groups in total. The maximum absolute atomic E-state index is 12.1. The number of halogens is 1. The highest BCUT2D eigenvalue weighted by Gasteiger charge is 2.07. The Balaban J connectivity index is 2.03. The van der Waals surface area contributed by atoms with E-state index in [0.29, 0.717) is 17.7 Å². The van der Waals surface area contributed by atoms with Gasteiger partial charge in [0.25, 0.3) is 5.91 Å². The maximum atomic E-state index is 12.1. The van der Waals surface area contributed by atoms with Crippen molar-refractivity contribution in [1.82, 2.24) is 5.32 Å². The number of hydrogen-bond acceptors (Lipinski definition) is 2. The third-order valence-corrected chi connectivity index (χ3v) is 3.54. The normalized spacial score (nSPS) is 10.1. The molecular formula is C15H13BrN2OS. The summed E-state index contributed by atoms with van der Waals surface area (Å²) in [6.07, 6.45) is 0. The van der Waals surface area contributed by atoms with Crippen LogP contribution in [0, 0.1) is 0 Å². The van der Waals surface area contributed by atoms with Crippen LogP contribution in [0.5, 0.6) is 0 Å². The summed E-state index contributed by atoms with van der Waals surface area (Å²) in [5.74, 6) is -0.147. The predicted octanol–water partition coefficient (Wildman–Crippen LogP) is 3.01. The Morgan fingerprint density at radius 1 is 1.15 bits per heavy atom. The molecule has 0 aliphatic heterocycles. The molecule has 0 aliphatic carbocycles. The van der Waals surface area contributed by atoms with Crippen LogP contribution in [0.4, 0.5) is 0 Å². The quantitative estimate of drug-likeness (QED) is 0.835. The van der Waals surface area contributed by atoms with Crippen molar-refractivity contribution in [2.24, 2.45) is 5.73 Å². The highest BCUT2D eigenvalue weighted by molar-refractivity contribution is 9.10. The van der Waals surface area contributed by atoms with Crippen LogP contribution < -0.4 is 11.1 Å². The second kappa shape index (κ2) is 6.63. The molecule has 3 nitrogen and oxygen atoms in total. The number of thiocarbonyl (C=S) groups is 1. The minimum absolute atomic E-state index is 0.147. The van der Waals surface area contributed by atoms with E-state index < -0.39 is 0 Å². The summed E-state index contributed by atoms with van der Waals surface area (Å²) < 4.78 is 1.01. The van der Waals surface area contributed by atoms with Crippen molar-refractivity contribution in [3.8, 4) is 0 Å². The van der Waals surface area contributed by atoms with Crippen LogP contribution in [0.15, 0.2) is 53.0 Å². The zero-order valence-electron chi connectivity index (χ0n) is 10.6. The summed E-state index contributed by atoms with van der Waals surface area (Å²) in [6, 6.07) is 14.8. The van der Waals surface area contributed by atoms with Gasteiger partial charge in [-0.2, -0.15) is 0 Å². The lowest BCUT2D eigenvalue weighted by Crippen LogP contribution is -2.23. The first-order valence-corrected chi connectivity index (χ1v) is 7.19. The van der Waals surface area contributed by atoms with Gasteiger partial charge in [-0.25, -0.2) is 0 Å². The van der Waals surface area contributed by atoms with E-state index in [1.807, 2.05) is 24.3 Å². The molecule has 0 aliphatic rings. The minimum Gasteiger partial charge on any atom is -0.389 e. The number of carbonyl (C=O) groups excluding carboxylic acids is 1. The van der Waals surface area contributed by atoms with Gasteiger partial charge in [-0.05, 0) is 29.8 Å². The molecule has 0 spiro atoms. The standard InChI is InChI=1S/C15H13BrN2OS/c16-13-6-4-10(5-7-13)9-18-15(19)12-3-1-2-11(8-12)14(17)20/h1-8H,9H2,(H2,17,20)(H,18,19). The number of carbonyl (C=O) groups is 1. The van der Waals surface area contributed by atoms with E-state index in [-0.39, 0.29) is 10.9 Å². The molecule has 0 saturated heterocycles. The Bertz CT molecular complexity index is 641. The van der Waals surface area contributed by atoms with Crippen molar-refractivity contribution in [3.63, 3.8) is 0 Å². The van der Waals surface area contributed by atoms with Gasteiger partial charge < -0.3 is 11.1 Å². The molecule has 2 rings (SSSR count). The number of nitrogens with two attached hydrogens (primary N) is 1. The number of hydrogen-bond donors (Lipinski definition) is 2. The van der Waals surface area contributed by atoms with Crippen LogP contribution in [0.25, 0.3) is 0 Å². The molecule has 0 unspecified atom stereocenters. The van der Waals surface area contributed by atoms with Gasteiger partial charge in [0.05, 0.1) is 0 Å². The molecule has 20 heavy (non-hydrogen) atoms. The third kappa shape index (κ3) is 3.88. The van der Waals surface area contributed by atoms with Crippen molar-refractivity contribution >= 4 is 39.0 Å². The second-order valence-corrected chi connectivity index (χ2v) is 5.61. The fourth-order valence-electron chi connectivity index (χ4n) is 1.70. The summed E-state index contributed by atoms with van der Waals surface area (Å²) in [5.41, 5.74) is 7.83. The Kier molecular flexibility index (Phi) is 4.87. The lowest BCUT2D eigenvalue weighted by Gasteiger charge is -2.07. The first-order chi connectivity index (χ1) is 9.56. The second-order valence-electron chi connectivity index (χ2n) is 4.25. The Morgan fingerprint density at radius 2 is 1.80 bits per heavy atom. The number of benzene rings is 2. The number of amides is 1. The molecule has 0 atom stereocenters. The first kappa shape index (κ1) is 14.7. The molecule has 0 bridgehead atoms. The fraction of sp³-hybridized carbons (Fsp3) is 0.0667. The van der Waals surface area contributed by atoms with Gasteiger partial charge in [0.2, 0.25) is 0 Å². The van der Waals surface area contributed by atoms with E-state index in [1.54, 1.807) is 24.3 Å². The van der Waals surface area contributed by atoms with Gasteiger partial charge in [-0.3, -0.25) is 4.79 Å². The zero-order chi connectivity index (χ0) is 14.5. The molecule has 2 aromatic carbocycles. The minimum atomic E-state index is -0.147. The lowest BCUT2D eigenvalue weighted by molar-refractivity contribution is 0.0951. The van der Waals surface area contributed by atoms with Crippen molar-refractivity contribution in [2.45, 2.75) is 6.54 Å². The smallest absolute Gasteiger partial charge is 0.251 e. The van der Waals surface area contributed by atoms with Gasteiger partial charge >= 0.3 is 0 Å². The summed E-state index contributed by atoms with van der Waals surface area (Å²) in [6.45, 7) is 0.476. The van der Waals surface area contributed by atoms with E-state index in [2.05, 4.69) is 21.2 Å². The molecule has 5 heteroatoms. The maximum Gasteiger partial charge on any atom is 0.251 e. The van der Waals surface area contributed by atoms with E-state index in [4.69, 9.17) is 18.0 Å². The first-order valence-electron chi connectivity index (χ1n) is 5.99. The van der Waals surface area contributed by atoms with Crippen LogP contribution >= 0.6 is 28.1 Å². The topological polar surface area (TPSA) is 55.1 Å². The van der Waals surface area contributed by atoms with Gasteiger partial charge in [-0.1, -0.05) is 52.4 Å². The van der Waals surface area contributed by atoms with Gasteiger partial charge in [0, 0.05) is 22.1 Å². The van der Waals surface area contributed by atoms with E-state index in [9.17, 15) is 4.79 Å². The van der Waals surface area contributed by atoms with Crippen LogP contribution in [-0.4, -0.2) is 10.9 Å². The van der Waals surface area contributed by atoms with E-state index in [0.717, 1.165) is 10.0 Å². The fourth-order valence-corrected chi connectivity index (χ4v) is 2.09. The summed E-state index contributed by atoms with van der Waals surface area (Å²) >= 11 is 8.28. The van der Waals surface area contributed by atoms with Crippen LogP contribution in [0.2, 0.25) is 0 Å². The molecule has 2 aromatic rings. The van der Waals surface area contributed by atoms with Gasteiger partial charge in [0.15, 0.2) is 0 Å². The Morgan fingerprint density at radius 3 is 2.45 bits per heavy atom. The molecule has 102 valence electrons. The van der Waals surface area contributed by atoms with Gasteiger partial charge in [0.1, 0.15) is 4.99 Å². The summed E-state index contributed by atoms with van der Waals surface area (Å²) in [4.78, 5) is 12.3. The average molecular weight is 349 g/mol. The van der Waals surface area contributed by atoms with Crippen molar-refractivity contribution in [2.75, 3.05) is 0 Å². The van der Waals surface area contributed by atoms with Crippen LogP contribution in [0.3, 0.4) is 0 Å². The number of rotatable bonds is 4. The van der Waals surface area contributed by atoms with Crippen LogP contribution in [-0.2, 0) is 6.54 Å². The summed E-state index contributed by atoms with van der Waals surface area (Å²) in [5, 5.41) is 2.86. The van der Waals surface area contributed by atoms with Crippen LogP contribution in [0.1, 0.15) is 21.5 Å². The molecule has 0 fully saturated rings. The lowest BCUT2D eigenvalue weighted by atomic mass is 10.1. The molecule has 0 radical (unpaired) electrons. The summed E-state index contributed by atoms with van der Waals surface area (Å²) in [7, 11) is 0. The largest absolute Gasteiger partial charge is 0.389 e. The monoisotopic (exact) mass is 348 g/mol. The SMILES string of the molecule is NC(=S)c1cccc(C(=O)NCc2ccc(Br)cc2)c1. The Hall–Kier alpha value is -1.72. The highest BCUT2D eigenvalue weighted by atomic mass is 79.9. The Labute approximate surface area is 131 Å². The molecule has 1 amide bonds. The van der Waals surface area contributed by atoms with Crippen molar-refractivity contribution in [1.29, 1.82) is 0 Å².